The van der Waals surface area contributed by atoms with Crippen molar-refractivity contribution in [3.63, 3.8) is 0 Å². The van der Waals surface area contributed by atoms with Crippen molar-refractivity contribution < 1.29 is 9.90 Å². The van der Waals surface area contributed by atoms with Crippen LogP contribution in [0.15, 0.2) is 18.2 Å². The molecule has 0 radical (unpaired) electrons. The third kappa shape index (κ3) is 7.99. The van der Waals surface area contributed by atoms with Crippen molar-refractivity contribution in [1.82, 2.24) is 0 Å². The Bertz CT molecular complexity index is 477. The molecule has 136 valence electrons. The first-order valence-corrected chi connectivity index (χ1v) is 9.92. The highest BCUT2D eigenvalue weighted by atomic mass is 16.4. The van der Waals surface area contributed by atoms with Crippen molar-refractivity contribution in [3.05, 3.63) is 34.9 Å². The van der Waals surface area contributed by atoms with Gasteiger partial charge in [-0.05, 0) is 36.0 Å². The molecule has 2 nitrogen and oxygen atoms in total. The highest BCUT2D eigenvalue weighted by Crippen LogP contribution is 2.22. The van der Waals surface area contributed by atoms with Gasteiger partial charge < -0.3 is 5.11 Å². The molecule has 0 atom stereocenters. The maximum absolute atomic E-state index is 11.3. The molecule has 0 aliphatic heterocycles. The lowest BCUT2D eigenvalue weighted by Gasteiger charge is -2.12. The molecule has 0 saturated carbocycles. The van der Waals surface area contributed by atoms with Gasteiger partial charge >= 0.3 is 5.97 Å². The van der Waals surface area contributed by atoms with E-state index in [2.05, 4.69) is 26.8 Å². The first-order chi connectivity index (χ1) is 11.6. The van der Waals surface area contributed by atoms with Gasteiger partial charge in [0.25, 0.3) is 0 Å². The average Bonchev–Trinajstić information content (AvgIpc) is 2.56. The Morgan fingerprint density at radius 3 is 1.96 bits per heavy atom. The molecular formula is C22H36O2. The van der Waals surface area contributed by atoms with Gasteiger partial charge in [-0.3, -0.25) is 0 Å². The predicted molar refractivity (Wildman–Crippen MR) is 103 cm³/mol. The largest absolute Gasteiger partial charge is 0.478 e. The normalized spacial score (nSPS) is 11.2. The van der Waals surface area contributed by atoms with Crippen LogP contribution < -0.4 is 0 Å². The maximum Gasteiger partial charge on any atom is 0.335 e. The van der Waals surface area contributed by atoms with Crippen LogP contribution in [0.25, 0.3) is 0 Å². The lowest BCUT2D eigenvalue weighted by Crippen LogP contribution is -2.05. The molecule has 0 aliphatic rings. The van der Waals surface area contributed by atoms with E-state index in [1.807, 2.05) is 6.07 Å². The first kappa shape index (κ1) is 20.7. The second kappa shape index (κ2) is 12.1. The standard InChI is InChI=1S/C22H36O2/c1-4-5-6-7-8-9-10-11-12-13-14-19-15-16-20(22(23)24)21(17-19)18(2)3/h15-18H,4-14H2,1-3H3,(H,23,24). The Morgan fingerprint density at radius 1 is 0.917 bits per heavy atom. The monoisotopic (exact) mass is 332 g/mol. The van der Waals surface area contributed by atoms with Crippen LogP contribution >= 0.6 is 0 Å². The lowest BCUT2D eigenvalue weighted by molar-refractivity contribution is 0.0695. The topological polar surface area (TPSA) is 37.3 Å². The van der Waals surface area contributed by atoms with Gasteiger partial charge in [-0.25, -0.2) is 4.79 Å². The lowest BCUT2D eigenvalue weighted by atomic mass is 9.93. The van der Waals surface area contributed by atoms with Crippen LogP contribution in [0.3, 0.4) is 0 Å². The van der Waals surface area contributed by atoms with Crippen LogP contribution in [0.5, 0.6) is 0 Å². The van der Waals surface area contributed by atoms with Gasteiger partial charge in [0.05, 0.1) is 5.56 Å². The van der Waals surface area contributed by atoms with Crippen molar-refractivity contribution in [2.75, 3.05) is 0 Å². The van der Waals surface area contributed by atoms with E-state index in [0.29, 0.717) is 5.56 Å². The average molecular weight is 333 g/mol. The summed E-state index contributed by atoms with van der Waals surface area (Å²) < 4.78 is 0. The number of benzene rings is 1. The fourth-order valence-corrected chi connectivity index (χ4v) is 3.26. The van der Waals surface area contributed by atoms with Crippen molar-refractivity contribution >= 4 is 5.97 Å². The second-order valence-electron chi connectivity index (χ2n) is 7.31. The number of carbonyl (C=O) groups is 1. The van der Waals surface area contributed by atoms with Crippen LogP contribution in [0.1, 0.15) is 112 Å². The summed E-state index contributed by atoms with van der Waals surface area (Å²) >= 11 is 0. The van der Waals surface area contributed by atoms with Crippen LogP contribution in [-0.4, -0.2) is 11.1 Å². The van der Waals surface area contributed by atoms with Crippen molar-refractivity contribution in [2.24, 2.45) is 0 Å². The minimum absolute atomic E-state index is 0.253. The zero-order valence-electron chi connectivity index (χ0n) is 15.9. The summed E-state index contributed by atoms with van der Waals surface area (Å²) in [5.41, 5.74) is 2.70. The summed E-state index contributed by atoms with van der Waals surface area (Å²) in [4.78, 5) is 11.3. The zero-order chi connectivity index (χ0) is 17.8. The molecule has 1 rings (SSSR count). The number of hydrogen-bond acceptors (Lipinski definition) is 1. The first-order valence-electron chi connectivity index (χ1n) is 9.92. The van der Waals surface area contributed by atoms with Gasteiger partial charge in [0.2, 0.25) is 0 Å². The number of carboxylic acid groups (broad SMARTS) is 1. The van der Waals surface area contributed by atoms with Crippen molar-refractivity contribution in [2.45, 2.75) is 97.3 Å². The summed E-state index contributed by atoms with van der Waals surface area (Å²) in [6, 6.07) is 5.87. The molecule has 0 aromatic heterocycles. The van der Waals surface area contributed by atoms with Crippen molar-refractivity contribution in [1.29, 1.82) is 0 Å². The fourth-order valence-electron chi connectivity index (χ4n) is 3.26. The van der Waals surface area contributed by atoms with E-state index in [-0.39, 0.29) is 5.92 Å². The summed E-state index contributed by atoms with van der Waals surface area (Å²) in [6.07, 6.45) is 14.6. The molecule has 0 unspecified atom stereocenters. The molecule has 0 spiro atoms. The van der Waals surface area contributed by atoms with E-state index in [4.69, 9.17) is 0 Å². The molecule has 1 aromatic rings. The van der Waals surface area contributed by atoms with Crippen LogP contribution in [0.2, 0.25) is 0 Å². The molecule has 1 aromatic carbocycles. The summed E-state index contributed by atoms with van der Waals surface area (Å²) in [5.74, 6) is -0.562. The molecule has 0 fully saturated rings. The number of hydrogen-bond donors (Lipinski definition) is 1. The van der Waals surface area contributed by atoms with E-state index < -0.39 is 5.97 Å². The van der Waals surface area contributed by atoms with Gasteiger partial charge in [-0.15, -0.1) is 0 Å². The Hall–Kier alpha value is -1.31. The minimum Gasteiger partial charge on any atom is -0.478 e. The number of unbranched alkanes of at least 4 members (excludes halogenated alkanes) is 9. The summed E-state index contributed by atoms with van der Waals surface area (Å²) in [5, 5.41) is 9.27. The van der Waals surface area contributed by atoms with Gasteiger partial charge in [0, 0.05) is 0 Å². The number of aryl methyl sites for hydroxylation is 1. The maximum atomic E-state index is 11.3. The molecule has 24 heavy (non-hydrogen) atoms. The SMILES string of the molecule is CCCCCCCCCCCCc1ccc(C(=O)O)c(C(C)C)c1. The van der Waals surface area contributed by atoms with Gasteiger partial charge in [0.15, 0.2) is 0 Å². The number of rotatable bonds is 13. The Kier molecular flexibility index (Phi) is 10.5. The Morgan fingerprint density at radius 2 is 1.46 bits per heavy atom. The Balaban J connectivity index is 2.23. The molecule has 2 heteroatoms. The summed E-state index contributed by atoms with van der Waals surface area (Å²) in [7, 11) is 0. The predicted octanol–water partition coefficient (Wildman–Crippen LogP) is 6.97. The molecule has 0 amide bonds. The minimum atomic E-state index is -0.816. The van der Waals surface area contributed by atoms with Gasteiger partial charge in [-0.2, -0.15) is 0 Å². The van der Waals surface area contributed by atoms with Gasteiger partial charge in [0.1, 0.15) is 0 Å². The number of carboxylic acids is 1. The second-order valence-corrected chi connectivity index (χ2v) is 7.31. The Labute approximate surface area is 148 Å². The fraction of sp³-hybridized carbons (Fsp3) is 0.682. The molecule has 0 saturated heterocycles. The van der Waals surface area contributed by atoms with E-state index in [9.17, 15) is 9.90 Å². The highest BCUT2D eigenvalue weighted by molar-refractivity contribution is 5.89. The summed E-state index contributed by atoms with van der Waals surface area (Å²) in [6.45, 7) is 6.39. The molecule has 0 bridgehead atoms. The van der Waals surface area contributed by atoms with Gasteiger partial charge in [-0.1, -0.05) is 90.7 Å². The quantitative estimate of drug-likeness (QED) is 0.396. The third-order valence-corrected chi connectivity index (χ3v) is 4.79. The van der Waals surface area contributed by atoms with E-state index in [0.717, 1.165) is 12.0 Å². The molecular weight excluding hydrogens is 296 g/mol. The van der Waals surface area contributed by atoms with Crippen molar-refractivity contribution in [3.8, 4) is 0 Å². The van der Waals surface area contributed by atoms with E-state index in [1.165, 1.54) is 69.8 Å². The molecule has 0 aliphatic carbocycles. The van der Waals surface area contributed by atoms with Crippen LogP contribution in [0.4, 0.5) is 0 Å². The van der Waals surface area contributed by atoms with Crippen LogP contribution in [0, 0.1) is 0 Å². The smallest absolute Gasteiger partial charge is 0.335 e. The zero-order valence-corrected chi connectivity index (χ0v) is 15.9. The van der Waals surface area contributed by atoms with Crippen LogP contribution in [-0.2, 0) is 6.42 Å². The highest BCUT2D eigenvalue weighted by Gasteiger charge is 2.13. The number of aromatic carboxylic acids is 1. The molecule has 0 heterocycles. The molecule has 1 N–H and O–H groups in total. The third-order valence-electron chi connectivity index (χ3n) is 4.79. The van der Waals surface area contributed by atoms with E-state index >= 15 is 0 Å². The van der Waals surface area contributed by atoms with E-state index in [1.54, 1.807) is 6.07 Å².